The number of nitrogens with one attached hydrogen (secondary N) is 1. The van der Waals surface area contributed by atoms with Crippen molar-refractivity contribution in [2.75, 3.05) is 18.6 Å². The van der Waals surface area contributed by atoms with Gasteiger partial charge in [-0.25, -0.2) is 13.2 Å². The summed E-state index contributed by atoms with van der Waals surface area (Å²) in [6, 6.07) is -0.0593. The number of hydrogen-bond acceptors (Lipinski definition) is 4. The Morgan fingerprint density at radius 2 is 1.92 bits per heavy atom. The molecule has 0 saturated carbocycles. The number of ether oxygens (including phenoxy) is 1. The summed E-state index contributed by atoms with van der Waals surface area (Å²) in [5.41, 5.74) is 0. The predicted molar refractivity (Wildman–Crippen MR) is 47.2 cm³/mol. The van der Waals surface area contributed by atoms with E-state index in [0.29, 0.717) is 12.8 Å². The lowest BCUT2D eigenvalue weighted by Crippen LogP contribution is -2.40. The lowest BCUT2D eigenvalue weighted by molar-refractivity contribution is 0.165. The SMILES string of the molecule is COC(=O)NC1CCS(=O)(=O)CC1. The van der Waals surface area contributed by atoms with Gasteiger partial charge in [-0.1, -0.05) is 0 Å². The molecule has 1 rings (SSSR count). The summed E-state index contributed by atoms with van der Waals surface area (Å²) in [6.07, 6.45) is 0.471. The second-order valence-electron chi connectivity index (χ2n) is 3.06. The summed E-state index contributed by atoms with van der Waals surface area (Å²) < 4.78 is 26.4. The van der Waals surface area contributed by atoms with Gasteiger partial charge in [0.25, 0.3) is 0 Å². The van der Waals surface area contributed by atoms with Crippen LogP contribution in [0.25, 0.3) is 0 Å². The van der Waals surface area contributed by atoms with Gasteiger partial charge in [-0.05, 0) is 12.8 Å². The highest BCUT2D eigenvalue weighted by Crippen LogP contribution is 2.11. The van der Waals surface area contributed by atoms with Gasteiger partial charge < -0.3 is 10.1 Å². The molecule has 0 radical (unpaired) electrons. The molecule has 0 atom stereocenters. The van der Waals surface area contributed by atoms with E-state index in [0.717, 1.165) is 0 Å². The van der Waals surface area contributed by atoms with E-state index >= 15 is 0 Å². The van der Waals surface area contributed by atoms with Crippen LogP contribution in [0.15, 0.2) is 0 Å². The Bertz CT molecular complexity index is 271. The zero-order valence-electron chi connectivity index (χ0n) is 7.45. The lowest BCUT2D eigenvalue weighted by atomic mass is 10.2. The van der Waals surface area contributed by atoms with Crippen LogP contribution in [0.4, 0.5) is 4.79 Å². The molecule has 0 aromatic heterocycles. The molecule has 0 aliphatic carbocycles. The zero-order valence-corrected chi connectivity index (χ0v) is 8.26. The second kappa shape index (κ2) is 3.95. The normalized spacial score (nSPS) is 22.2. The van der Waals surface area contributed by atoms with Crippen LogP contribution in [0.3, 0.4) is 0 Å². The van der Waals surface area contributed by atoms with Crippen LogP contribution in [0.2, 0.25) is 0 Å². The van der Waals surface area contributed by atoms with Crippen molar-refractivity contribution in [2.45, 2.75) is 18.9 Å². The van der Waals surface area contributed by atoms with E-state index in [1.54, 1.807) is 0 Å². The van der Waals surface area contributed by atoms with Crippen molar-refractivity contribution < 1.29 is 17.9 Å². The first-order chi connectivity index (χ1) is 6.03. The van der Waals surface area contributed by atoms with Crippen molar-refractivity contribution in [1.29, 1.82) is 0 Å². The molecule has 1 fully saturated rings. The van der Waals surface area contributed by atoms with Crippen LogP contribution in [0.1, 0.15) is 12.8 Å². The third kappa shape index (κ3) is 3.22. The third-order valence-corrected chi connectivity index (χ3v) is 3.78. The largest absolute Gasteiger partial charge is 0.453 e. The quantitative estimate of drug-likeness (QED) is 0.652. The van der Waals surface area contributed by atoms with Gasteiger partial charge in [0, 0.05) is 6.04 Å². The topological polar surface area (TPSA) is 72.5 Å². The average molecular weight is 207 g/mol. The molecule has 0 unspecified atom stereocenters. The number of hydrogen-bond donors (Lipinski definition) is 1. The highest BCUT2D eigenvalue weighted by molar-refractivity contribution is 7.91. The zero-order chi connectivity index (χ0) is 9.90. The number of sulfone groups is 1. The average Bonchev–Trinajstić information content (AvgIpc) is 2.08. The first-order valence-corrected chi connectivity index (χ1v) is 5.90. The van der Waals surface area contributed by atoms with E-state index in [4.69, 9.17) is 0 Å². The number of carbonyl (C=O) groups is 1. The molecule has 76 valence electrons. The maximum Gasteiger partial charge on any atom is 0.407 e. The van der Waals surface area contributed by atoms with Crippen LogP contribution >= 0.6 is 0 Å². The summed E-state index contributed by atoms with van der Waals surface area (Å²) in [6.45, 7) is 0. The van der Waals surface area contributed by atoms with Crippen molar-refractivity contribution in [3.05, 3.63) is 0 Å². The molecule has 1 aliphatic heterocycles. The van der Waals surface area contributed by atoms with Gasteiger partial charge in [-0.2, -0.15) is 0 Å². The summed E-state index contributed by atoms with van der Waals surface area (Å²) in [7, 11) is -1.56. The minimum Gasteiger partial charge on any atom is -0.453 e. The van der Waals surface area contributed by atoms with E-state index < -0.39 is 15.9 Å². The molecule has 0 bridgehead atoms. The summed E-state index contributed by atoms with van der Waals surface area (Å²) in [5.74, 6) is 0.309. The summed E-state index contributed by atoms with van der Waals surface area (Å²) in [4.78, 5) is 10.8. The van der Waals surface area contributed by atoms with Gasteiger partial charge in [0.05, 0.1) is 18.6 Å². The predicted octanol–water partition coefficient (Wildman–Crippen LogP) is -0.0804. The number of alkyl carbamates (subject to hydrolysis) is 1. The molecule has 0 aromatic carbocycles. The first kappa shape index (κ1) is 10.3. The van der Waals surface area contributed by atoms with Crippen LogP contribution in [-0.2, 0) is 14.6 Å². The van der Waals surface area contributed by atoms with E-state index in [9.17, 15) is 13.2 Å². The number of carbonyl (C=O) groups excluding carboxylic acids is 1. The fourth-order valence-electron chi connectivity index (χ4n) is 1.26. The van der Waals surface area contributed by atoms with Gasteiger partial charge in [0.1, 0.15) is 9.84 Å². The van der Waals surface area contributed by atoms with Gasteiger partial charge in [-0.3, -0.25) is 0 Å². The molecule has 1 N–H and O–H groups in total. The Balaban J connectivity index is 2.38. The Kier molecular flexibility index (Phi) is 3.13. The molecule has 0 spiro atoms. The standard InChI is InChI=1S/C7H13NO4S/c1-12-7(9)8-6-2-4-13(10,11)5-3-6/h6H,2-5H2,1H3,(H,8,9). The van der Waals surface area contributed by atoms with Gasteiger partial charge in [0.2, 0.25) is 0 Å². The van der Waals surface area contributed by atoms with E-state index in [1.165, 1.54) is 7.11 Å². The third-order valence-electron chi connectivity index (χ3n) is 2.06. The maximum absolute atomic E-state index is 11.0. The number of amides is 1. The van der Waals surface area contributed by atoms with Crippen molar-refractivity contribution in [3.63, 3.8) is 0 Å². The van der Waals surface area contributed by atoms with Crippen LogP contribution in [0, 0.1) is 0 Å². The minimum atomic E-state index is -2.85. The van der Waals surface area contributed by atoms with E-state index in [1.807, 2.05) is 0 Å². The fourth-order valence-corrected chi connectivity index (χ4v) is 2.75. The minimum absolute atomic E-state index is 0.0593. The lowest BCUT2D eigenvalue weighted by Gasteiger charge is -2.22. The number of methoxy groups -OCH3 is 1. The van der Waals surface area contributed by atoms with Crippen LogP contribution in [0.5, 0.6) is 0 Å². The molecule has 0 aromatic rings. The van der Waals surface area contributed by atoms with Crippen LogP contribution < -0.4 is 5.32 Å². The molecule has 1 aliphatic rings. The van der Waals surface area contributed by atoms with Gasteiger partial charge >= 0.3 is 6.09 Å². The van der Waals surface area contributed by atoms with Gasteiger partial charge in [-0.15, -0.1) is 0 Å². The van der Waals surface area contributed by atoms with E-state index in [2.05, 4.69) is 10.1 Å². The second-order valence-corrected chi connectivity index (χ2v) is 5.37. The Morgan fingerprint density at radius 1 is 1.38 bits per heavy atom. The smallest absolute Gasteiger partial charge is 0.407 e. The Hall–Kier alpha value is -0.780. The Morgan fingerprint density at radius 3 is 2.38 bits per heavy atom. The molecule has 6 heteroatoms. The molecular weight excluding hydrogens is 194 g/mol. The number of rotatable bonds is 1. The van der Waals surface area contributed by atoms with Crippen molar-refractivity contribution in [2.24, 2.45) is 0 Å². The highest BCUT2D eigenvalue weighted by Gasteiger charge is 2.24. The van der Waals surface area contributed by atoms with Gasteiger partial charge in [0.15, 0.2) is 0 Å². The molecular formula is C7H13NO4S. The monoisotopic (exact) mass is 207 g/mol. The van der Waals surface area contributed by atoms with E-state index in [-0.39, 0.29) is 17.5 Å². The molecule has 1 saturated heterocycles. The van der Waals surface area contributed by atoms with Crippen molar-refractivity contribution in [3.8, 4) is 0 Å². The fraction of sp³-hybridized carbons (Fsp3) is 0.857. The highest BCUT2D eigenvalue weighted by atomic mass is 32.2. The first-order valence-electron chi connectivity index (χ1n) is 4.08. The summed E-state index contributed by atoms with van der Waals surface area (Å²) >= 11 is 0. The molecule has 1 heterocycles. The Labute approximate surface area is 77.4 Å². The molecule has 1 amide bonds. The molecule has 13 heavy (non-hydrogen) atoms. The maximum atomic E-state index is 11.0. The summed E-state index contributed by atoms with van der Waals surface area (Å²) in [5, 5.41) is 2.58. The van der Waals surface area contributed by atoms with Crippen molar-refractivity contribution in [1.82, 2.24) is 5.32 Å². The molecule has 5 nitrogen and oxygen atoms in total. The van der Waals surface area contributed by atoms with Crippen molar-refractivity contribution >= 4 is 15.9 Å². The van der Waals surface area contributed by atoms with Crippen LogP contribution in [-0.4, -0.2) is 39.2 Å².